The fourth-order valence-electron chi connectivity index (χ4n) is 3.43. The van der Waals surface area contributed by atoms with Gasteiger partial charge >= 0.3 is 0 Å². The molecule has 1 N–H and O–H groups in total. The van der Waals surface area contributed by atoms with E-state index in [4.69, 9.17) is 0 Å². The zero-order chi connectivity index (χ0) is 23.0. The van der Waals surface area contributed by atoms with Gasteiger partial charge in [-0.25, -0.2) is 4.39 Å². The summed E-state index contributed by atoms with van der Waals surface area (Å²) in [7, 11) is 0. The number of carbonyl (C=O) groups is 2. The summed E-state index contributed by atoms with van der Waals surface area (Å²) < 4.78 is 14.0. The molecule has 2 aromatic rings. The Bertz CT molecular complexity index is 894. The van der Waals surface area contributed by atoms with Gasteiger partial charge in [0.05, 0.1) is 5.56 Å². The molecule has 0 aliphatic heterocycles. The van der Waals surface area contributed by atoms with Crippen LogP contribution in [0.2, 0.25) is 0 Å². The van der Waals surface area contributed by atoms with Gasteiger partial charge in [0.25, 0.3) is 11.8 Å². The Morgan fingerprint density at radius 2 is 1.71 bits per heavy atom. The number of likely N-dealkylation sites (N-methyl/N-ethyl adjacent to an activating group) is 1. The van der Waals surface area contributed by atoms with E-state index >= 15 is 0 Å². The second kappa shape index (κ2) is 11.6. The van der Waals surface area contributed by atoms with Crippen LogP contribution >= 0.6 is 0 Å². The third kappa shape index (κ3) is 6.89. The van der Waals surface area contributed by atoms with Crippen LogP contribution in [0, 0.1) is 18.7 Å². The van der Waals surface area contributed by atoms with E-state index in [1.807, 2.05) is 17.9 Å². The maximum Gasteiger partial charge on any atom is 0.258 e. The van der Waals surface area contributed by atoms with Crippen molar-refractivity contribution in [2.24, 2.45) is 5.92 Å². The standard InChI is InChI=1S/C25H34FN3O2/c1-6-28(7-2)14-15-29(17-18(3)4)25(31)20-13-12-19(5)23(16-20)27-24(30)21-10-8-9-11-22(21)26/h8-13,16,18H,6-7,14-15,17H2,1-5H3,(H,27,30). The summed E-state index contributed by atoms with van der Waals surface area (Å²) in [5.41, 5.74) is 1.79. The van der Waals surface area contributed by atoms with E-state index in [9.17, 15) is 14.0 Å². The molecule has 0 spiro atoms. The maximum absolute atomic E-state index is 14.0. The van der Waals surface area contributed by atoms with Gasteiger partial charge in [-0.05, 0) is 55.8 Å². The molecule has 0 heterocycles. The van der Waals surface area contributed by atoms with E-state index in [2.05, 4.69) is 37.9 Å². The number of hydrogen-bond acceptors (Lipinski definition) is 3. The van der Waals surface area contributed by atoms with E-state index in [0.29, 0.717) is 30.3 Å². The van der Waals surface area contributed by atoms with Crippen LogP contribution < -0.4 is 5.32 Å². The molecule has 0 atom stereocenters. The Labute approximate surface area is 185 Å². The van der Waals surface area contributed by atoms with Crippen molar-refractivity contribution in [3.63, 3.8) is 0 Å². The molecule has 0 fully saturated rings. The first kappa shape index (κ1) is 24.5. The molecular weight excluding hydrogens is 393 g/mol. The number of hydrogen-bond donors (Lipinski definition) is 1. The zero-order valence-electron chi connectivity index (χ0n) is 19.2. The lowest BCUT2D eigenvalue weighted by atomic mass is 10.1. The van der Waals surface area contributed by atoms with E-state index in [1.54, 1.807) is 18.2 Å². The van der Waals surface area contributed by atoms with Crippen LogP contribution in [0.15, 0.2) is 42.5 Å². The molecule has 0 aliphatic carbocycles. The maximum atomic E-state index is 14.0. The fraction of sp³-hybridized carbons (Fsp3) is 0.440. The Hall–Kier alpha value is -2.73. The Kier molecular flexibility index (Phi) is 9.19. The van der Waals surface area contributed by atoms with Crippen molar-refractivity contribution in [1.82, 2.24) is 9.80 Å². The second-order valence-electron chi connectivity index (χ2n) is 8.14. The van der Waals surface area contributed by atoms with Crippen molar-refractivity contribution < 1.29 is 14.0 Å². The highest BCUT2D eigenvalue weighted by molar-refractivity contribution is 6.05. The minimum Gasteiger partial charge on any atom is -0.337 e. The SMILES string of the molecule is CCN(CC)CCN(CC(C)C)C(=O)c1ccc(C)c(NC(=O)c2ccccc2F)c1. The molecule has 0 radical (unpaired) electrons. The average molecular weight is 428 g/mol. The molecule has 168 valence electrons. The molecule has 0 saturated heterocycles. The van der Waals surface area contributed by atoms with E-state index in [0.717, 1.165) is 25.2 Å². The number of benzene rings is 2. The summed E-state index contributed by atoms with van der Waals surface area (Å²) in [6.45, 7) is 14.2. The lowest BCUT2D eigenvalue weighted by Gasteiger charge is -2.28. The first-order valence-corrected chi connectivity index (χ1v) is 10.9. The highest BCUT2D eigenvalue weighted by Crippen LogP contribution is 2.20. The molecule has 0 saturated carbocycles. The van der Waals surface area contributed by atoms with Gasteiger partial charge in [0.2, 0.25) is 0 Å². The first-order valence-electron chi connectivity index (χ1n) is 10.9. The van der Waals surface area contributed by atoms with Gasteiger partial charge in [0, 0.05) is 30.9 Å². The molecule has 0 unspecified atom stereocenters. The minimum absolute atomic E-state index is 0.0284. The lowest BCUT2D eigenvalue weighted by molar-refractivity contribution is 0.0716. The van der Waals surface area contributed by atoms with E-state index in [1.165, 1.54) is 18.2 Å². The highest BCUT2D eigenvalue weighted by Gasteiger charge is 2.19. The Morgan fingerprint density at radius 3 is 2.32 bits per heavy atom. The molecule has 0 aliphatic rings. The van der Waals surface area contributed by atoms with Crippen LogP contribution in [0.3, 0.4) is 0 Å². The largest absolute Gasteiger partial charge is 0.337 e. The van der Waals surface area contributed by atoms with Crippen LogP contribution in [0.4, 0.5) is 10.1 Å². The smallest absolute Gasteiger partial charge is 0.258 e. The molecular formula is C25H34FN3O2. The van der Waals surface area contributed by atoms with Crippen LogP contribution in [-0.2, 0) is 0 Å². The predicted molar refractivity (Wildman–Crippen MR) is 124 cm³/mol. The van der Waals surface area contributed by atoms with E-state index in [-0.39, 0.29) is 11.5 Å². The summed E-state index contributed by atoms with van der Waals surface area (Å²) >= 11 is 0. The summed E-state index contributed by atoms with van der Waals surface area (Å²) in [4.78, 5) is 30.0. The predicted octanol–water partition coefficient (Wildman–Crippen LogP) is 4.83. The Morgan fingerprint density at radius 1 is 1.03 bits per heavy atom. The van der Waals surface area contributed by atoms with Crippen LogP contribution in [0.25, 0.3) is 0 Å². The second-order valence-corrected chi connectivity index (χ2v) is 8.14. The number of halogens is 1. The topological polar surface area (TPSA) is 52.6 Å². The van der Waals surface area contributed by atoms with Crippen LogP contribution in [0.1, 0.15) is 54.0 Å². The van der Waals surface area contributed by atoms with Gasteiger partial charge in [-0.15, -0.1) is 0 Å². The van der Waals surface area contributed by atoms with Gasteiger partial charge in [0.1, 0.15) is 5.82 Å². The van der Waals surface area contributed by atoms with Crippen molar-refractivity contribution >= 4 is 17.5 Å². The van der Waals surface area contributed by atoms with Crippen LogP contribution in [0.5, 0.6) is 0 Å². The molecule has 5 nitrogen and oxygen atoms in total. The van der Waals surface area contributed by atoms with Crippen molar-refractivity contribution in [2.75, 3.05) is 38.0 Å². The van der Waals surface area contributed by atoms with Gasteiger partial charge in [-0.3, -0.25) is 9.59 Å². The molecule has 6 heteroatoms. The number of nitrogens with one attached hydrogen (secondary N) is 1. The zero-order valence-corrected chi connectivity index (χ0v) is 19.2. The van der Waals surface area contributed by atoms with Gasteiger partial charge < -0.3 is 15.1 Å². The molecule has 2 amide bonds. The number of nitrogens with zero attached hydrogens (tertiary/aromatic N) is 2. The Balaban J connectivity index is 2.23. The van der Waals surface area contributed by atoms with Crippen molar-refractivity contribution in [2.45, 2.75) is 34.6 Å². The lowest BCUT2D eigenvalue weighted by Crippen LogP contribution is -2.40. The minimum atomic E-state index is -0.579. The van der Waals surface area contributed by atoms with Crippen molar-refractivity contribution in [1.29, 1.82) is 0 Å². The molecule has 2 aromatic carbocycles. The van der Waals surface area contributed by atoms with Crippen molar-refractivity contribution in [3.8, 4) is 0 Å². The third-order valence-corrected chi connectivity index (χ3v) is 5.30. The van der Waals surface area contributed by atoms with Crippen LogP contribution in [-0.4, -0.2) is 54.3 Å². The number of anilines is 1. The van der Waals surface area contributed by atoms with Gasteiger partial charge in [-0.2, -0.15) is 0 Å². The number of aryl methyl sites for hydroxylation is 1. The average Bonchev–Trinajstić information content (AvgIpc) is 2.74. The summed E-state index contributed by atoms with van der Waals surface area (Å²) in [5.74, 6) is -0.843. The van der Waals surface area contributed by atoms with Crippen molar-refractivity contribution in [3.05, 3.63) is 65.0 Å². The monoisotopic (exact) mass is 427 g/mol. The normalized spacial score (nSPS) is 11.1. The number of carbonyl (C=O) groups excluding carboxylic acids is 2. The van der Waals surface area contributed by atoms with Gasteiger partial charge in [0.15, 0.2) is 0 Å². The molecule has 0 bridgehead atoms. The fourth-order valence-corrected chi connectivity index (χ4v) is 3.43. The highest BCUT2D eigenvalue weighted by atomic mass is 19.1. The third-order valence-electron chi connectivity index (χ3n) is 5.30. The van der Waals surface area contributed by atoms with Gasteiger partial charge in [-0.1, -0.05) is 45.9 Å². The number of amides is 2. The quantitative estimate of drug-likeness (QED) is 0.591. The number of rotatable bonds is 10. The first-order chi connectivity index (χ1) is 14.8. The molecule has 0 aromatic heterocycles. The summed E-state index contributed by atoms with van der Waals surface area (Å²) in [5, 5.41) is 2.75. The van der Waals surface area contributed by atoms with E-state index < -0.39 is 11.7 Å². The molecule has 2 rings (SSSR count). The summed E-state index contributed by atoms with van der Waals surface area (Å²) in [6, 6.07) is 11.1. The molecule has 31 heavy (non-hydrogen) atoms. The summed E-state index contributed by atoms with van der Waals surface area (Å²) in [6.07, 6.45) is 0.